The van der Waals surface area contributed by atoms with Crippen molar-refractivity contribution in [3.63, 3.8) is 0 Å². The Kier molecular flexibility index (Phi) is 3.90. The van der Waals surface area contributed by atoms with E-state index in [9.17, 15) is 21.6 Å². The number of nitrogens with zero attached hydrogens (tertiary/aromatic N) is 1. The second-order valence-corrected chi connectivity index (χ2v) is 11.0. The summed E-state index contributed by atoms with van der Waals surface area (Å²) < 4.78 is 62.0. The molecule has 2 aliphatic carbocycles. The fraction of sp³-hybridized carbons (Fsp3) is 0.688. The van der Waals surface area contributed by atoms with Gasteiger partial charge in [0.25, 0.3) is 10.1 Å². The molecule has 25 heavy (non-hydrogen) atoms. The van der Waals surface area contributed by atoms with Gasteiger partial charge in [0.15, 0.2) is 0 Å². The number of fused-ring (bicyclic) bond motifs is 2. The van der Waals surface area contributed by atoms with Gasteiger partial charge in [-0.1, -0.05) is 13.8 Å². The lowest BCUT2D eigenvalue weighted by atomic mass is 9.70. The van der Waals surface area contributed by atoms with E-state index in [1.54, 1.807) is 0 Å². The highest BCUT2D eigenvalue weighted by molar-refractivity contribution is 7.90. The van der Waals surface area contributed by atoms with Crippen LogP contribution in [0.5, 0.6) is 0 Å². The summed E-state index contributed by atoms with van der Waals surface area (Å²) in [6.07, 6.45) is 3.81. The van der Waals surface area contributed by atoms with Crippen LogP contribution in [0, 0.1) is 16.7 Å². The maximum Gasteiger partial charge on any atom is 0.264 e. The lowest BCUT2D eigenvalue weighted by Gasteiger charge is -2.36. The summed E-state index contributed by atoms with van der Waals surface area (Å²) in [6, 6.07) is 2.74. The Labute approximate surface area is 149 Å². The first-order valence-corrected chi connectivity index (χ1v) is 11.5. The predicted octanol–water partition coefficient (Wildman–Crippen LogP) is 1.54. The smallest absolute Gasteiger partial charge is 0.264 e. The van der Waals surface area contributed by atoms with Gasteiger partial charge in [-0.05, 0) is 36.3 Å². The predicted molar refractivity (Wildman–Crippen MR) is 91.8 cm³/mol. The molecule has 0 amide bonds. The zero-order valence-electron chi connectivity index (χ0n) is 15.4. The highest BCUT2D eigenvalue weighted by Gasteiger charge is 2.65. The topological polar surface area (TPSA) is 99.5 Å². The zero-order chi connectivity index (χ0) is 19.5. The molecular formula is C16H23NO6S2. The summed E-state index contributed by atoms with van der Waals surface area (Å²) in [5.74, 6) is -0.187. The second kappa shape index (κ2) is 5.65. The molecule has 3 rings (SSSR count). The molecule has 1 aromatic rings. The van der Waals surface area contributed by atoms with Crippen molar-refractivity contribution >= 4 is 25.9 Å². The van der Waals surface area contributed by atoms with Crippen LogP contribution in [0.1, 0.15) is 40.2 Å². The molecule has 2 aliphatic rings. The van der Waals surface area contributed by atoms with Crippen LogP contribution >= 0.6 is 0 Å². The molecule has 0 unspecified atom stereocenters. The highest BCUT2D eigenvalue weighted by Crippen LogP contribution is 2.64. The molecule has 1 heterocycles. The SMILES string of the molecule is [2H][C@H](OS(C)(=O)=O)c1cccn1S(=O)(=O)C[C@]12CC[C@H](CC1=O)C2(C)C. The Morgan fingerprint density at radius 1 is 1.36 bits per heavy atom. The maximum absolute atomic E-state index is 13.1. The third-order valence-corrected chi connectivity index (χ3v) is 8.19. The fourth-order valence-electron chi connectivity index (χ4n) is 4.35. The highest BCUT2D eigenvalue weighted by atomic mass is 32.2. The minimum absolute atomic E-state index is 0.0224. The Balaban J connectivity index is 1.96. The molecule has 0 aromatic carbocycles. The van der Waals surface area contributed by atoms with Gasteiger partial charge < -0.3 is 0 Å². The Morgan fingerprint density at radius 3 is 2.56 bits per heavy atom. The van der Waals surface area contributed by atoms with Gasteiger partial charge in [-0.25, -0.2) is 12.4 Å². The first-order valence-electron chi connectivity index (χ1n) is 8.62. The van der Waals surface area contributed by atoms with Gasteiger partial charge >= 0.3 is 0 Å². The van der Waals surface area contributed by atoms with Crippen molar-refractivity contribution in [3.8, 4) is 0 Å². The number of hydrogen-bond donors (Lipinski definition) is 0. The zero-order valence-corrected chi connectivity index (χ0v) is 16.1. The molecule has 0 saturated heterocycles. The molecule has 2 saturated carbocycles. The molecule has 0 radical (unpaired) electrons. The fourth-order valence-corrected chi connectivity index (χ4v) is 6.74. The second-order valence-electron chi connectivity index (χ2n) is 7.57. The van der Waals surface area contributed by atoms with Gasteiger partial charge in [0.2, 0.25) is 10.0 Å². The van der Waals surface area contributed by atoms with E-state index < -0.39 is 37.6 Å². The monoisotopic (exact) mass is 390 g/mol. The quantitative estimate of drug-likeness (QED) is 0.683. The molecule has 2 bridgehead atoms. The van der Waals surface area contributed by atoms with Crippen LogP contribution in [-0.4, -0.2) is 38.6 Å². The van der Waals surface area contributed by atoms with Crippen molar-refractivity contribution in [3.05, 3.63) is 24.0 Å². The molecule has 0 aliphatic heterocycles. The molecule has 3 atom stereocenters. The molecule has 140 valence electrons. The molecular weight excluding hydrogens is 366 g/mol. The van der Waals surface area contributed by atoms with Crippen molar-refractivity contribution in [2.75, 3.05) is 12.0 Å². The van der Waals surface area contributed by atoms with E-state index in [2.05, 4.69) is 4.18 Å². The van der Waals surface area contributed by atoms with Crippen molar-refractivity contribution in [1.29, 1.82) is 0 Å². The first-order chi connectivity index (χ1) is 11.8. The van der Waals surface area contributed by atoms with Gasteiger partial charge in [0.1, 0.15) is 12.4 Å². The Morgan fingerprint density at radius 2 is 2.04 bits per heavy atom. The number of ketones is 1. The van der Waals surface area contributed by atoms with E-state index in [0.717, 1.165) is 16.6 Å². The van der Waals surface area contributed by atoms with Crippen molar-refractivity contribution in [1.82, 2.24) is 3.97 Å². The summed E-state index contributed by atoms with van der Waals surface area (Å²) in [6.45, 7) is 2.19. The first kappa shape index (κ1) is 17.2. The van der Waals surface area contributed by atoms with Gasteiger partial charge in [0, 0.05) is 12.6 Å². The van der Waals surface area contributed by atoms with E-state index in [-0.39, 0.29) is 23.1 Å². The Hall–Kier alpha value is -1.19. The maximum atomic E-state index is 13.1. The van der Waals surface area contributed by atoms with Gasteiger partial charge in [-0.2, -0.15) is 8.42 Å². The van der Waals surface area contributed by atoms with Crippen LogP contribution in [0.15, 0.2) is 18.3 Å². The summed E-state index contributed by atoms with van der Waals surface area (Å²) in [7, 11) is -7.90. The van der Waals surface area contributed by atoms with E-state index in [1.807, 2.05) is 13.8 Å². The van der Waals surface area contributed by atoms with Crippen molar-refractivity contribution in [2.24, 2.45) is 16.7 Å². The lowest BCUT2D eigenvalue weighted by Crippen LogP contribution is -2.43. The lowest BCUT2D eigenvalue weighted by molar-refractivity contribution is -0.128. The number of Topliss-reactive ketones (excluding diaryl/α,β-unsaturated/α-hetero) is 1. The number of carbonyl (C=O) groups is 1. The average Bonchev–Trinajstić information content (AvgIpc) is 3.09. The molecule has 0 spiro atoms. The third-order valence-electron chi connectivity index (χ3n) is 5.95. The summed E-state index contributed by atoms with van der Waals surface area (Å²) in [5.41, 5.74) is -1.45. The molecule has 1 aromatic heterocycles. The number of hydrogen-bond acceptors (Lipinski definition) is 6. The molecule has 2 fully saturated rings. The van der Waals surface area contributed by atoms with E-state index in [4.69, 9.17) is 1.37 Å². The van der Waals surface area contributed by atoms with Gasteiger partial charge in [-0.3, -0.25) is 8.98 Å². The number of rotatable bonds is 6. The van der Waals surface area contributed by atoms with Gasteiger partial charge in [0.05, 0.1) is 24.5 Å². The molecule has 9 heteroatoms. The number of aromatic nitrogens is 1. The normalized spacial score (nSPS) is 30.4. The van der Waals surface area contributed by atoms with Crippen LogP contribution in [0.25, 0.3) is 0 Å². The van der Waals surface area contributed by atoms with Crippen LogP contribution in [0.3, 0.4) is 0 Å². The summed E-state index contributed by atoms with van der Waals surface area (Å²) in [4.78, 5) is 12.6. The van der Waals surface area contributed by atoms with Crippen LogP contribution in [0.4, 0.5) is 0 Å². The summed E-state index contributed by atoms with van der Waals surface area (Å²) >= 11 is 0. The average molecular weight is 391 g/mol. The standard InChI is InChI=1S/C16H23NO6S2/c1-15(2)12-6-7-16(15,14(18)9-12)11-25(21,22)17-8-4-5-13(17)10-23-24(3,19)20/h4-5,8,12H,6-7,9-11H2,1-3H3/t12-,16-/m1/s1/i10D/t10-,12+,16+/m0. The van der Waals surface area contributed by atoms with Crippen LogP contribution in [-0.2, 0) is 35.7 Å². The molecule has 0 N–H and O–H groups in total. The van der Waals surface area contributed by atoms with E-state index in [0.29, 0.717) is 12.8 Å². The van der Waals surface area contributed by atoms with Crippen molar-refractivity contribution in [2.45, 2.75) is 39.7 Å². The largest absolute Gasteiger partial charge is 0.299 e. The Bertz CT molecular complexity index is 949. The van der Waals surface area contributed by atoms with Gasteiger partial charge in [-0.15, -0.1) is 0 Å². The van der Waals surface area contributed by atoms with Crippen molar-refractivity contribution < 1.29 is 27.2 Å². The minimum Gasteiger partial charge on any atom is -0.299 e. The number of carbonyl (C=O) groups excluding carboxylic acids is 1. The van der Waals surface area contributed by atoms with E-state index in [1.165, 1.54) is 18.3 Å². The molecule has 7 nitrogen and oxygen atoms in total. The minimum atomic E-state index is -3.98. The van der Waals surface area contributed by atoms with Crippen LogP contribution in [0.2, 0.25) is 0 Å². The summed E-state index contributed by atoms with van der Waals surface area (Å²) in [5, 5.41) is 0. The van der Waals surface area contributed by atoms with Crippen LogP contribution < -0.4 is 0 Å². The van der Waals surface area contributed by atoms with E-state index >= 15 is 0 Å². The third kappa shape index (κ3) is 2.96.